The van der Waals surface area contributed by atoms with E-state index in [0.29, 0.717) is 6.04 Å². The van der Waals surface area contributed by atoms with Crippen LogP contribution in [0.4, 0.5) is 0 Å². The average molecular weight is 290 g/mol. The molecule has 1 rings (SSSR count). The summed E-state index contributed by atoms with van der Waals surface area (Å²) >= 11 is 0. The van der Waals surface area contributed by atoms with Crippen LogP contribution in [0.25, 0.3) is 0 Å². The van der Waals surface area contributed by atoms with Crippen LogP contribution < -0.4 is 5.32 Å². The summed E-state index contributed by atoms with van der Waals surface area (Å²) in [6.45, 7) is 12.6. The highest BCUT2D eigenvalue weighted by Gasteiger charge is 2.27. The van der Waals surface area contributed by atoms with Crippen LogP contribution >= 0.6 is 0 Å². The second kappa shape index (κ2) is 6.55. The van der Waals surface area contributed by atoms with Crippen LogP contribution in [0.2, 0.25) is 0 Å². The Kier molecular flexibility index (Phi) is 5.83. The molecule has 0 radical (unpaired) electrons. The van der Waals surface area contributed by atoms with Crippen LogP contribution in [0.15, 0.2) is 0 Å². The fourth-order valence-electron chi connectivity index (χ4n) is 2.67. The maximum absolute atomic E-state index is 11.6. The number of likely N-dealkylation sites (tertiary alicyclic amines) is 1. The van der Waals surface area contributed by atoms with Gasteiger partial charge in [0.25, 0.3) is 0 Å². The quantitative estimate of drug-likeness (QED) is 0.836. The molecule has 0 saturated carbocycles. The Balaban J connectivity index is 2.37. The third-order valence-electron chi connectivity index (χ3n) is 3.91. The summed E-state index contributed by atoms with van der Waals surface area (Å²) in [5.41, 5.74) is 0.238. The van der Waals surface area contributed by atoms with Crippen molar-refractivity contribution in [3.8, 4) is 0 Å². The molecule has 1 aliphatic rings. The molecule has 0 bridgehead atoms. The minimum Gasteiger partial charge on any atom is -0.310 e. The van der Waals surface area contributed by atoms with E-state index in [9.17, 15) is 8.42 Å². The van der Waals surface area contributed by atoms with Crippen LogP contribution in [0.5, 0.6) is 0 Å². The first-order chi connectivity index (χ1) is 8.64. The number of rotatable bonds is 5. The Bertz CT molecular complexity index is 365. The van der Waals surface area contributed by atoms with E-state index < -0.39 is 9.84 Å². The van der Waals surface area contributed by atoms with Crippen molar-refractivity contribution in [2.24, 2.45) is 0 Å². The highest BCUT2D eigenvalue weighted by molar-refractivity contribution is 7.91. The minimum absolute atomic E-state index is 0.0520. The Morgan fingerprint density at radius 1 is 1.26 bits per heavy atom. The van der Waals surface area contributed by atoms with Gasteiger partial charge in [0.05, 0.1) is 5.75 Å². The lowest BCUT2D eigenvalue weighted by molar-refractivity contribution is 0.0948. The highest BCUT2D eigenvalue weighted by atomic mass is 32.2. The van der Waals surface area contributed by atoms with Gasteiger partial charge in [-0.05, 0) is 40.5 Å². The monoisotopic (exact) mass is 290 g/mol. The number of hydrogen-bond donors (Lipinski definition) is 1. The van der Waals surface area contributed by atoms with E-state index in [-0.39, 0.29) is 23.1 Å². The molecular formula is C14H30N2O2S. The Hall–Kier alpha value is -0.130. The topological polar surface area (TPSA) is 49.4 Å². The summed E-state index contributed by atoms with van der Waals surface area (Å²) in [4.78, 5) is 2.50. The molecule has 0 aromatic heterocycles. The minimum atomic E-state index is -2.88. The molecule has 1 unspecified atom stereocenters. The molecular weight excluding hydrogens is 260 g/mol. The Morgan fingerprint density at radius 2 is 1.79 bits per heavy atom. The molecule has 1 N–H and O–H groups in total. The number of hydrogen-bond acceptors (Lipinski definition) is 4. The van der Waals surface area contributed by atoms with Crippen molar-refractivity contribution in [3.63, 3.8) is 0 Å². The van der Waals surface area contributed by atoms with Gasteiger partial charge in [-0.2, -0.15) is 0 Å². The summed E-state index contributed by atoms with van der Waals surface area (Å²) in [6.07, 6.45) is 2.21. The van der Waals surface area contributed by atoms with Crippen molar-refractivity contribution in [2.45, 2.75) is 65.1 Å². The number of sulfone groups is 1. The molecule has 1 fully saturated rings. The maximum Gasteiger partial charge on any atom is 0.151 e. The fraction of sp³-hybridized carbons (Fsp3) is 1.00. The lowest BCUT2D eigenvalue weighted by Crippen LogP contribution is -2.52. The molecule has 4 nitrogen and oxygen atoms in total. The van der Waals surface area contributed by atoms with Crippen LogP contribution in [-0.2, 0) is 9.84 Å². The standard InChI is InChI=1S/C14H30N2O2S/c1-6-19(17,18)11-12(2)15-13-7-9-16(10-8-13)14(3,4)5/h12-13,15H,6-11H2,1-5H3. The average Bonchev–Trinajstić information content (AvgIpc) is 2.27. The molecule has 1 saturated heterocycles. The van der Waals surface area contributed by atoms with Gasteiger partial charge < -0.3 is 5.32 Å². The van der Waals surface area contributed by atoms with Gasteiger partial charge >= 0.3 is 0 Å². The third kappa shape index (κ3) is 5.79. The smallest absolute Gasteiger partial charge is 0.151 e. The van der Waals surface area contributed by atoms with Crippen molar-refractivity contribution in [3.05, 3.63) is 0 Å². The molecule has 1 heterocycles. The number of nitrogens with zero attached hydrogens (tertiary/aromatic N) is 1. The summed E-state index contributed by atoms with van der Waals surface area (Å²) < 4.78 is 23.2. The fourth-order valence-corrected chi connectivity index (χ4v) is 3.76. The number of piperidine rings is 1. The molecule has 19 heavy (non-hydrogen) atoms. The van der Waals surface area contributed by atoms with Crippen molar-refractivity contribution >= 4 is 9.84 Å². The van der Waals surface area contributed by atoms with Gasteiger partial charge in [-0.15, -0.1) is 0 Å². The van der Waals surface area contributed by atoms with Crippen LogP contribution in [-0.4, -0.2) is 55.5 Å². The predicted molar refractivity (Wildman–Crippen MR) is 81.3 cm³/mol. The van der Waals surface area contributed by atoms with E-state index in [4.69, 9.17) is 0 Å². The second-order valence-electron chi connectivity index (χ2n) is 6.70. The summed E-state index contributed by atoms with van der Waals surface area (Å²) in [7, 11) is -2.88. The van der Waals surface area contributed by atoms with E-state index >= 15 is 0 Å². The van der Waals surface area contributed by atoms with Gasteiger partial charge in [0, 0.05) is 36.5 Å². The number of nitrogens with one attached hydrogen (secondary N) is 1. The molecule has 0 amide bonds. The lowest BCUT2D eigenvalue weighted by Gasteiger charge is -2.41. The van der Waals surface area contributed by atoms with E-state index in [2.05, 4.69) is 31.0 Å². The zero-order valence-electron chi connectivity index (χ0n) is 13.1. The van der Waals surface area contributed by atoms with Gasteiger partial charge in [-0.25, -0.2) is 8.42 Å². The highest BCUT2D eigenvalue weighted by Crippen LogP contribution is 2.20. The molecule has 1 aliphatic heterocycles. The van der Waals surface area contributed by atoms with Gasteiger partial charge in [0.1, 0.15) is 0 Å². The Morgan fingerprint density at radius 3 is 2.21 bits per heavy atom. The predicted octanol–water partition coefficient (Wildman–Crippen LogP) is 1.66. The van der Waals surface area contributed by atoms with Crippen molar-refractivity contribution in [1.29, 1.82) is 0 Å². The normalized spacial score (nSPS) is 21.5. The zero-order valence-corrected chi connectivity index (χ0v) is 13.9. The SMILES string of the molecule is CCS(=O)(=O)CC(C)NC1CCN(C(C)(C)C)CC1. The first-order valence-corrected chi connectivity index (χ1v) is 9.17. The van der Waals surface area contributed by atoms with Gasteiger partial charge in [-0.1, -0.05) is 6.92 Å². The largest absolute Gasteiger partial charge is 0.310 e. The van der Waals surface area contributed by atoms with Crippen LogP contribution in [0.3, 0.4) is 0 Å². The lowest BCUT2D eigenvalue weighted by atomic mass is 9.98. The molecule has 0 aromatic carbocycles. The molecule has 0 spiro atoms. The zero-order chi connectivity index (χ0) is 14.7. The first-order valence-electron chi connectivity index (χ1n) is 7.35. The first kappa shape index (κ1) is 16.9. The second-order valence-corrected chi connectivity index (χ2v) is 9.10. The van der Waals surface area contributed by atoms with Gasteiger partial charge in [0.15, 0.2) is 9.84 Å². The molecule has 1 atom stereocenters. The Labute approximate surface area is 118 Å². The van der Waals surface area contributed by atoms with E-state index in [1.807, 2.05) is 6.92 Å². The van der Waals surface area contributed by atoms with Gasteiger partial charge in [0.2, 0.25) is 0 Å². The van der Waals surface area contributed by atoms with Crippen molar-refractivity contribution in [2.75, 3.05) is 24.6 Å². The molecule has 0 aromatic rings. The third-order valence-corrected chi connectivity index (χ3v) is 5.80. The van der Waals surface area contributed by atoms with Gasteiger partial charge in [-0.3, -0.25) is 4.90 Å². The summed E-state index contributed by atoms with van der Waals surface area (Å²) in [5, 5.41) is 3.48. The van der Waals surface area contributed by atoms with E-state index in [1.54, 1.807) is 6.92 Å². The van der Waals surface area contributed by atoms with Crippen molar-refractivity contribution < 1.29 is 8.42 Å². The molecule has 5 heteroatoms. The molecule has 0 aliphatic carbocycles. The molecule has 114 valence electrons. The van der Waals surface area contributed by atoms with Crippen molar-refractivity contribution in [1.82, 2.24) is 10.2 Å². The summed E-state index contributed by atoms with van der Waals surface area (Å²) in [6, 6.07) is 0.511. The van der Waals surface area contributed by atoms with E-state index in [1.165, 1.54) is 0 Å². The maximum atomic E-state index is 11.6. The summed E-state index contributed by atoms with van der Waals surface area (Å²) in [5.74, 6) is 0.491. The van der Waals surface area contributed by atoms with Crippen LogP contribution in [0, 0.1) is 0 Å². The van der Waals surface area contributed by atoms with Crippen LogP contribution in [0.1, 0.15) is 47.5 Å². The van der Waals surface area contributed by atoms with E-state index in [0.717, 1.165) is 25.9 Å².